The number of rotatable bonds is 4. The zero-order chi connectivity index (χ0) is 15.1. The number of carbonyl (C=O) groups excluding carboxylic acids is 1. The first kappa shape index (κ1) is 15.5. The van der Waals surface area contributed by atoms with Gasteiger partial charge in [-0.2, -0.15) is 4.31 Å². The lowest BCUT2D eigenvalue weighted by atomic mass is 10.1. The van der Waals surface area contributed by atoms with Crippen molar-refractivity contribution >= 4 is 44.8 Å². The maximum absolute atomic E-state index is 12.2. The number of hydrogen-bond acceptors (Lipinski definition) is 4. The minimum Gasteiger partial charge on any atom is -0.395 e. The Hall–Kier alpha value is -0.860. The molecule has 0 aromatic heterocycles. The Balaban J connectivity index is 2.48. The third-order valence-corrected chi connectivity index (χ3v) is 5.59. The van der Waals surface area contributed by atoms with Gasteiger partial charge in [0, 0.05) is 24.8 Å². The van der Waals surface area contributed by atoms with E-state index in [9.17, 15) is 13.2 Å². The molecule has 9 heteroatoms. The normalized spacial score (nSPS) is 17.1. The smallest absolute Gasteiger partial charge is 0.265 e. The minimum absolute atomic E-state index is 0.0382. The first-order valence-electron chi connectivity index (χ1n) is 5.62. The van der Waals surface area contributed by atoms with Crippen molar-refractivity contribution in [2.75, 3.05) is 25.5 Å². The van der Waals surface area contributed by atoms with E-state index in [0.717, 1.165) is 4.31 Å². The summed E-state index contributed by atoms with van der Waals surface area (Å²) in [5, 5.41) is 11.3. The molecular weight excluding hydrogens is 327 g/mol. The number of likely N-dealkylation sites (N-methyl/N-ethyl adjacent to an activating group) is 1. The van der Waals surface area contributed by atoms with E-state index in [1.54, 1.807) is 0 Å². The number of alkyl halides is 2. The van der Waals surface area contributed by atoms with Crippen molar-refractivity contribution < 1.29 is 18.3 Å². The molecule has 0 saturated carbocycles. The molecule has 0 fully saturated rings. The van der Waals surface area contributed by atoms with Crippen LogP contribution in [0.15, 0.2) is 23.1 Å². The summed E-state index contributed by atoms with van der Waals surface area (Å²) in [6.07, 6.45) is 0. The first-order chi connectivity index (χ1) is 9.21. The van der Waals surface area contributed by atoms with Crippen LogP contribution in [-0.2, 0) is 19.2 Å². The number of anilines is 1. The van der Waals surface area contributed by atoms with Crippen LogP contribution in [0, 0.1) is 0 Å². The highest BCUT2D eigenvalue weighted by Crippen LogP contribution is 2.45. The number of nitrogens with zero attached hydrogens (tertiary/aromatic N) is 1. The van der Waals surface area contributed by atoms with E-state index in [2.05, 4.69) is 5.32 Å². The molecular formula is C11H12Cl2N2O4S. The van der Waals surface area contributed by atoms with E-state index >= 15 is 0 Å². The van der Waals surface area contributed by atoms with Crippen LogP contribution in [0.5, 0.6) is 0 Å². The summed E-state index contributed by atoms with van der Waals surface area (Å²) in [5.41, 5.74) is 0.577. The van der Waals surface area contributed by atoms with Crippen LogP contribution in [0.4, 0.5) is 5.69 Å². The number of amides is 1. The van der Waals surface area contributed by atoms with Gasteiger partial charge in [-0.25, -0.2) is 8.42 Å². The number of carbonyl (C=O) groups is 1. The van der Waals surface area contributed by atoms with Gasteiger partial charge in [-0.15, -0.1) is 0 Å². The second-order valence-electron chi connectivity index (χ2n) is 4.29. The molecule has 20 heavy (non-hydrogen) atoms. The molecule has 0 radical (unpaired) electrons. The van der Waals surface area contributed by atoms with E-state index < -0.39 is 20.3 Å². The van der Waals surface area contributed by atoms with Crippen LogP contribution in [0.3, 0.4) is 0 Å². The van der Waals surface area contributed by atoms with Gasteiger partial charge in [0.15, 0.2) is 0 Å². The number of sulfonamides is 1. The molecule has 0 spiro atoms. The van der Waals surface area contributed by atoms with Crippen molar-refractivity contribution in [2.24, 2.45) is 0 Å². The maximum atomic E-state index is 12.2. The lowest BCUT2D eigenvalue weighted by Crippen LogP contribution is -2.29. The zero-order valence-corrected chi connectivity index (χ0v) is 12.8. The fraction of sp³-hybridized carbons (Fsp3) is 0.364. The maximum Gasteiger partial charge on any atom is 0.265 e. The van der Waals surface area contributed by atoms with E-state index in [-0.39, 0.29) is 23.6 Å². The number of nitrogens with one attached hydrogen (secondary N) is 1. The van der Waals surface area contributed by atoms with Crippen LogP contribution in [0.2, 0.25) is 0 Å². The molecule has 1 aliphatic rings. The summed E-state index contributed by atoms with van der Waals surface area (Å²) in [6.45, 7) is -0.334. The molecule has 6 nitrogen and oxygen atoms in total. The summed E-state index contributed by atoms with van der Waals surface area (Å²) in [6, 6.07) is 4.04. The average Bonchev–Trinajstić information content (AvgIpc) is 2.60. The second kappa shape index (κ2) is 5.16. The highest BCUT2D eigenvalue weighted by atomic mass is 35.5. The van der Waals surface area contributed by atoms with Crippen LogP contribution < -0.4 is 5.32 Å². The summed E-state index contributed by atoms with van der Waals surface area (Å²) in [4.78, 5) is 11.5. The Bertz CT molecular complexity index is 660. The van der Waals surface area contributed by atoms with Crippen molar-refractivity contribution in [1.29, 1.82) is 0 Å². The highest BCUT2D eigenvalue weighted by Gasteiger charge is 2.44. The van der Waals surface area contributed by atoms with Gasteiger partial charge in [-0.05, 0) is 18.2 Å². The Morgan fingerprint density at radius 2 is 2.05 bits per heavy atom. The van der Waals surface area contributed by atoms with Crippen LogP contribution >= 0.6 is 23.2 Å². The topological polar surface area (TPSA) is 86.7 Å². The number of fused-ring (bicyclic) bond motifs is 1. The predicted octanol–water partition coefficient (Wildman–Crippen LogP) is 0.882. The number of benzene rings is 1. The SMILES string of the molecule is CN(CCO)S(=O)(=O)c1ccc2c(c1)C(Cl)(Cl)C(=O)N2. The third-order valence-electron chi connectivity index (χ3n) is 2.99. The fourth-order valence-electron chi connectivity index (χ4n) is 1.82. The molecule has 1 aromatic rings. The number of hydrogen-bond donors (Lipinski definition) is 2. The van der Waals surface area contributed by atoms with E-state index in [1.165, 1.54) is 25.2 Å². The lowest BCUT2D eigenvalue weighted by Gasteiger charge is -2.17. The quantitative estimate of drug-likeness (QED) is 0.798. The minimum atomic E-state index is -3.77. The Morgan fingerprint density at radius 1 is 1.40 bits per heavy atom. The van der Waals surface area contributed by atoms with Crippen molar-refractivity contribution in [1.82, 2.24) is 4.31 Å². The van der Waals surface area contributed by atoms with Gasteiger partial charge >= 0.3 is 0 Å². The molecule has 0 unspecified atom stereocenters. The zero-order valence-electron chi connectivity index (χ0n) is 10.4. The third kappa shape index (κ3) is 2.40. The standard InChI is InChI=1S/C11H12Cl2N2O4S/c1-15(4-5-16)20(18,19)7-2-3-9-8(6-7)11(12,13)10(17)14-9/h2-3,6,16H,4-5H2,1H3,(H,14,17). The molecule has 0 atom stereocenters. The van der Waals surface area contributed by atoms with E-state index in [0.29, 0.717) is 5.69 Å². The summed E-state index contributed by atoms with van der Waals surface area (Å²) in [7, 11) is -2.43. The molecule has 1 aliphatic heterocycles. The molecule has 0 saturated heterocycles. The Morgan fingerprint density at radius 3 is 2.65 bits per heavy atom. The second-order valence-corrected chi connectivity index (χ2v) is 7.66. The van der Waals surface area contributed by atoms with Gasteiger partial charge in [0.05, 0.1) is 11.5 Å². The average molecular weight is 339 g/mol. The van der Waals surface area contributed by atoms with Crippen LogP contribution in [0.1, 0.15) is 5.56 Å². The van der Waals surface area contributed by atoms with Gasteiger partial charge in [0.2, 0.25) is 14.4 Å². The van der Waals surface area contributed by atoms with Gasteiger partial charge in [0.25, 0.3) is 5.91 Å². The molecule has 1 heterocycles. The number of aliphatic hydroxyl groups is 1. The lowest BCUT2D eigenvalue weighted by molar-refractivity contribution is -0.116. The Labute approximate surface area is 126 Å². The van der Waals surface area contributed by atoms with Gasteiger partial charge in [0.1, 0.15) is 0 Å². The molecule has 110 valence electrons. The van der Waals surface area contributed by atoms with Gasteiger partial charge in [-0.3, -0.25) is 4.79 Å². The molecule has 1 amide bonds. The molecule has 2 N–H and O–H groups in total. The van der Waals surface area contributed by atoms with Crippen molar-refractivity contribution in [3.05, 3.63) is 23.8 Å². The monoisotopic (exact) mass is 338 g/mol. The number of halogens is 2. The summed E-state index contributed by atoms with van der Waals surface area (Å²) >= 11 is 11.8. The van der Waals surface area contributed by atoms with Crippen molar-refractivity contribution in [3.63, 3.8) is 0 Å². The molecule has 0 aliphatic carbocycles. The largest absolute Gasteiger partial charge is 0.395 e. The van der Waals surface area contributed by atoms with Gasteiger partial charge < -0.3 is 10.4 Å². The summed E-state index contributed by atoms with van der Waals surface area (Å²) in [5.74, 6) is -0.617. The van der Waals surface area contributed by atoms with Crippen molar-refractivity contribution in [2.45, 2.75) is 9.23 Å². The molecule has 0 bridgehead atoms. The molecule has 2 rings (SSSR count). The van der Waals surface area contributed by atoms with Crippen LogP contribution in [0.25, 0.3) is 0 Å². The van der Waals surface area contributed by atoms with Crippen LogP contribution in [-0.4, -0.2) is 43.9 Å². The highest BCUT2D eigenvalue weighted by molar-refractivity contribution is 7.89. The van der Waals surface area contributed by atoms with Gasteiger partial charge in [-0.1, -0.05) is 23.2 Å². The van der Waals surface area contributed by atoms with E-state index in [4.69, 9.17) is 28.3 Å². The number of aliphatic hydroxyl groups excluding tert-OH is 1. The van der Waals surface area contributed by atoms with E-state index in [1.807, 2.05) is 0 Å². The Kier molecular flexibility index (Phi) is 4.01. The first-order valence-corrected chi connectivity index (χ1v) is 7.82. The predicted molar refractivity (Wildman–Crippen MR) is 75.4 cm³/mol. The van der Waals surface area contributed by atoms with Crippen molar-refractivity contribution in [3.8, 4) is 0 Å². The molecule has 1 aromatic carbocycles. The fourth-order valence-corrected chi connectivity index (χ4v) is 3.41. The summed E-state index contributed by atoms with van der Waals surface area (Å²) < 4.78 is 23.7.